The third kappa shape index (κ3) is 4.10. The van der Waals surface area contributed by atoms with E-state index in [1.807, 2.05) is 0 Å². The van der Waals surface area contributed by atoms with Gasteiger partial charge in [-0.15, -0.1) is 0 Å². The van der Waals surface area contributed by atoms with E-state index < -0.39 is 23.8 Å². The van der Waals surface area contributed by atoms with E-state index in [1.165, 1.54) is 0 Å². The Morgan fingerprint density at radius 2 is 1.90 bits per heavy atom. The second-order valence-corrected chi connectivity index (χ2v) is 7.91. The molecule has 2 aromatic rings. The summed E-state index contributed by atoms with van der Waals surface area (Å²) in [6.07, 6.45) is 1.78. The SMILES string of the molecule is COc1ccc(C(=O)C[C@H]2CC[C@H](C=O)[C@@H](c3ccc4c(c3)OCO4)[C@@H]2[N+](=O)[O-])cc1. The van der Waals surface area contributed by atoms with E-state index >= 15 is 0 Å². The topological polar surface area (TPSA) is 105 Å². The smallest absolute Gasteiger partial charge is 0.231 e. The maximum Gasteiger partial charge on any atom is 0.231 e. The molecule has 31 heavy (non-hydrogen) atoms. The summed E-state index contributed by atoms with van der Waals surface area (Å²) in [6, 6.07) is 10.8. The number of ketones is 1. The Balaban J connectivity index is 1.61. The summed E-state index contributed by atoms with van der Waals surface area (Å²) in [5, 5.41) is 12.2. The lowest BCUT2D eigenvalue weighted by molar-refractivity contribution is -0.540. The first-order valence-electron chi connectivity index (χ1n) is 10.2. The zero-order valence-corrected chi connectivity index (χ0v) is 17.1. The molecule has 1 fully saturated rings. The van der Waals surface area contributed by atoms with Crippen LogP contribution in [0.25, 0.3) is 0 Å². The number of fused-ring (bicyclic) bond motifs is 1. The highest BCUT2D eigenvalue weighted by molar-refractivity contribution is 5.96. The summed E-state index contributed by atoms with van der Waals surface area (Å²) in [5.41, 5.74) is 1.14. The number of ether oxygens (including phenoxy) is 3. The summed E-state index contributed by atoms with van der Waals surface area (Å²) in [7, 11) is 1.54. The number of aldehydes is 1. The Bertz CT molecular complexity index is 988. The van der Waals surface area contributed by atoms with Crippen molar-refractivity contribution in [3.63, 3.8) is 0 Å². The van der Waals surface area contributed by atoms with Gasteiger partial charge >= 0.3 is 0 Å². The van der Waals surface area contributed by atoms with Gasteiger partial charge in [0, 0.05) is 28.7 Å². The van der Waals surface area contributed by atoms with Crippen molar-refractivity contribution in [2.75, 3.05) is 13.9 Å². The van der Waals surface area contributed by atoms with Gasteiger partial charge in [0.15, 0.2) is 17.3 Å². The molecule has 1 saturated carbocycles. The van der Waals surface area contributed by atoms with Gasteiger partial charge < -0.3 is 19.0 Å². The molecule has 1 aliphatic carbocycles. The molecule has 0 spiro atoms. The van der Waals surface area contributed by atoms with Crippen LogP contribution in [-0.2, 0) is 4.79 Å². The van der Waals surface area contributed by atoms with Gasteiger partial charge in [-0.05, 0) is 54.8 Å². The van der Waals surface area contributed by atoms with Gasteiger partial charge in [-0.1, -0.05) is 6.07 Å². The van der Waals surface area contributed by atoms with Crippen molar-refractivity contribution in [3.8, 4) is 17.2 Å². The first-order valence-corrected chi connectivity index (χ1v) is 10.2. The fraction of sp³-hybridized carbons (Fsp3) is 0.391. The average Bonchev–Trinajstić information content (AvgIpc) is 3.26. The van der Waals surface area contributed by atoms with Crippen molar-refractivity contribution in [1.82, 2.24) is 0 Å². The summed E-state index contributed by atoms with van der Waals surface area (Å²) in [4.78, 5) is 36.5. The second kappa shape index (κ2) is 8.75. The van der Waals surface area contributed by atoms with Crippen molar-refractivity contribution < 1.29 is 28.7 Å². The number of nitro groups is 1. The van der Waals surface area contributed by atoms with Crippen LogP contribution in [0.15, 0.2) is 42.5 Å². The Kier molecular flexibility index (Phi) is 5.88. The van der Waals surface area contributed by atoms with Gasteiger partial charge in [-0.2, -0.15) is 0 Å². The molecule has 2 aliphatic rings. The third-order valence-electron chi connectivity index (χ3n) is 6.24. The Hall–Kier alpha value is -3.42. The molecule has 162 valence electrons. The summed E-state index contributed by atoms with van der Waals surface area (Å²) in [6.45, 7) is 0.0955. The maximum absolute atomic E-state index is 12.9. The van der Waals surface area contributed by atoms with Crippen LogP contribution in [0.5, 0.6) is 17.2 Å². The molecular formula is C23H23NO7. The number of methoxy groups -OCH3 is 1. The molecule has 2 aromatic carbocycles. The first kappa shape index (κ1) is 20.8. The van der Waals surface area contributed by atoms with Crippen LogP contribution < -0.4 is 14.2 Å². The fourth-order valence-electron chi connectivity index (χ4n) is 4.68. The molecule has 0 unspecified atom stereocenters. The first-order chi connectivity index (χ1) is 15.0. The number of rotatable bonds is 7. The van der Waals surface area contributed by atoms with Gasteiger partial charge in [-0.25, -0.2) is 0 Å². The van der Waals surface area contributed by atoms with Crippen LogP contribution in [0.1, 0.15) is 41.1 Å². The van der Waals surface area contributed by atoms with E-state index in [0.717, 1.165) is 6.29 Å². The van der Waals surface area contributed by atoms with Crippen molar-refractivity contribution in [1.29, 1.82) is 0 Å². The minimum Gasteiger partial charge on any atom is -0.497 e. The molecule has 4 atom stereocenters. The van der Waals surface area contributed by atoms with Crippen LogP contribution in [0.3, 0.4) is 0 Å². The largest absolute Gasteiger partial charge is 0.497 e. The molecule has 0 bridgehead atoms. The highest BCUT2D eigenvalue weighted by atomic mass is 16.7. The predicted molar refractivity (Wildman–Crippen MR) is 110 cm³/mol. The quantitative estimate of drug-likeness (QED) is 0.289. The molecule has 1 aliphatic heterocycles. The van der Waals surface area contributed by atoms with Gasteiger partial charge in [0.25, 0.3) is 0 Å². The van der Waals surface area contributed by atoms with Gasteiger partial charge in [0.1, 0.15) is 12.0 Å². The molecule has 0 amide bonds. The van der Waals surface area contributed by atoms with E-state index in [1.54, 1.807) is 49.6 Å². The molecular weight excluding hydrogens is 402 g/mol. The normalized spacial score (nSPS) is 24.4. The van der Waals surface area contributed by atoms with E-state index in [4.69, 9.17) is 14.2 Å². The average molecular weight is 425 g/mol. The zero-order chi connectivity index (χ0) is 22.0. The van der Waals surface area contributed by atoms with E-state index in [9.17, 15) is 19.7 Å². The lowest BCUT2D eigenvalue weighted by Gasteiger charge is -2.36. The fourth-order valence-corrected chi connectivity index (χ4v) is 4.68. The number of nitrogens with zero attached hydrogens (tertiary/aromatic N) is 1. The summed E-state index contributed by atoms with van der Waals surface area (Å²) >= 11 is 0. The van der Waals surface area contributed by atoms with Gasteiger partial charge in [-0.3, -0.25) is 14.9 Å². The van der Waals surface area contributed by atoms with Gasteiger partial charge in [0.2, 0.25) is 12.8 Å². The number of carbonyl (C=O) groups excluding carboxylic acids is 2. The maximum atomic E-state index is 12.9. The van der Waals surface area contributed by atoms with Crippen molar-refractivity contribution in [2.45, 2.75) is 31.2 Å². The predicted octanol–water partition coefficient (Wildman–Crippen LogP) is 3.65. The van der Waals surface area contributed by atoms with Gasteiger partial charge in [0.05, 0.1) is 13.0 Å². The molecule has 0 N–H and O–H groups in total. The third-order valence-corrected chi connectivity index (χ3v) is 6.24. The minimum atomic E-state index is -1.05. The molecule has 4 rings (SSSR count). The molecule has 8 heteroatoms. The molecule has 0 saturated heterocycles. The number of Topliss-reactive ketones (excluding diaryl/α,β-unsaturated/α-hetero) is 1. The van der Waals surface area contributed by atoms with Crippen LogP contribution >= 0.6 is 0 Å². The zero-order valence-electron chi connectivity index (χ0n) is 17.1. The van der Waals surface area contributed by atoms with Crippen LogP contribution in [0.2, 0.25) is 0 Å². The summed E-state index contributed by atoms with van der Waals surface area (Å²) < 4.78 is 15.9. The van der Waals surface area contributed by atoms with Crippen molar-refractivity contribution >= 4 is 12.1 Å². The minimum absolute atomic E-state index is 0.0462. The lowest BCUT2D eigenvalue weighted by atomic mass is 9.67. The Labute approximate surface area is 179 Å². The molecule has 0 aromatic heterocycles. The van der Waals surface area contributed by atoms with E-state index in [-0.39, 0.29) is 23.9 Å². The monoisotopic (exact) mass is 425 g/mol. The van der Waals surface area contributed by atoms with Crippen molar-refractivity contribution in [2.24, 2.45) is 11.8 Å². The second-order valence-electron chi connectivity index (χ2n) is 7.91. The van der Waals surface area contributed by atoms with Crippen LogP contribution in [0, 0.1) is 22.0 Å². The van der Waals surface area contributed by atoms with Crippen molar-refractivity contribution in [3.05, 3.63) is 63.7 Å². The molecule has 1 heterocycles. The Morgan fingerprint density at radius 3 is 2.58 bits per heavy atom. The van der Waals surface area contributed by atoms with E-state index in [0.29, 0.717) is 41.2 Å². The highest BCUT2D eigenvalue weighted by Gasteiger charge is 2.48. The Morgan fingerprint density at radius 1 is 1.16 bits per heavy atom. The molecule has 0 radical (unpaired) electrons. The number of hydrogen-bond acceptors (Lipinski definition) is 7. The van der Waals surface area contributed by atoms with Crippen LogP contribution in [-0.4, -0.2) is 36.9 Å². The van der Waals surface area contributed by atoms with E-state index in [2.05, 4.69) is 0 Å². The number of carbonyl (C=O) groups is 2. The number of hydrogen-bond donors (Lipinski definition) is 0. The number of benzene rings is 2. The molecule has 8 nitrogen and oxygen atoms in total. The van der Waals surface area contributed by atoms with Crippen LogP contribution in [0.4, 0.5) is 0 Å². The summed E-state index contributed by atoms with van der Waals surface area (Å²) in [5.74, 6) is -0.0434. The lowest BCUT2D eigenvalue weighted by Crippen LogP contribution is -2.44. The highest BCUT2D eigenvalue weighted by Crippen LogP contribution is 2.45. The standard InChI is InChI=1S/C23H23NO7/c1-29-18-7-4-14(5-8-18)19(26)10-16-2-3-17(12-25)22(23(16)24(27)28)15-6-9-20-21(11-15)31-13-30-20/h4-9,11-12,16-17,22-23H,2-3,10,13H2,1H3/t16-,17-,22-,23-/m1/s1.